The lowest BCUT2D eigenvalue weighted by Gasteiger charge is -2.08. The van der Waals surface area contributed by atoms with Crippen LogP contribution in [0, 0.1) is 5.82 Å². The number of rotatable bonds is 8. The summed E-state index contributed by atoms with van der Waals surface area (Å²) in [5, 5.41) is 11.9. The first kappa shape index (κ1) is 17.9. The smallest absolute Gasteiger partial charge is 0.220 e. The molecular formula is C19H22FNO3. The number of aliphatic hydroxyl groups excluding tert-OH is 1. The quantitative estimate of drug-likeness (QED) is 0.782. The molecule has 5 heteroatoms. The van der Waals surface area contributed by atoms with Gasteiger partial charge in [-0.25, -0.2) is 4.39 Å². The third-order valence-corrected chi connectivity index (χ3v) is 3.65. The standard InChI is InChI=1S/C19H22FNO3/c1-2-24-17-7-3-14(4-8-17)6-10-19(23)21-12-15-5-9-18(20)16(11-15)13-22/h3-5,7-9,11,22H,2,6,10,12-13H2,1H3,(H,21,23). The zero-order valence-corrected chi connectivity index (χ0v) is 13.7. The number of carbonyl (C=O) groups is 1. The molecule has 24 heavy (non-hydrogen) atoms. The van der Waals surface area contributed by atoms with Gasteiger partial charge in [0.15, 0.2) is 0 Å². The molecule has 0 aromatic heterocycles. The second-order valence-corrected chi connectivity index (χ2v) is 5.44. The van der Waals surface area contributed by atoms with Crippen LogP contribution < -0.4 is 10.1 Å². The summed E-state index contributed by atoms with van der Waals surface area (Å²) in [6, 6.07) is 12.1. The molecule has 128 valence electrons. The van der Waals surface area contributed by atoms with Crippen molar-refractivity contribution in [3.8, 4) is 5.75 Å². The van der Waals surface area contributed by atoms with Crippen molar-refractivity contribution in [2.24, 2.45) is 0 Å². The fourth-order valence-corrected chi connectivity index (χ4v) is 2.33. The van der Waals surface area contributed by atoms with Crippen molar-refractivity contribution in [1.82, 2.24) is 5.32 Å². The van der Waals surface area contributed by atoms with E-state index < -0.39 is 5.82 Å². The van der Waals surface area contributed by atoms with E-state index in [9.17, 15) is 9.18 Å². The van der Waals surface area contributed by atoms with Gasteiger partial charge < -0.3 is 15.2 Å². The normalized spacial score (nSPS) is 10.5. The Morgan fingerprint density at radius 3 is 2.54 bits per heavy atom. The Labute approximate surface area is 141 Å². The second-order valence-electron chi connectivity index (χ2n) is 5.44. The van der Waals surface area contributed by atoms with Crippen LogP contribution >= 0.6 is 0 Å². The molecule has 2 rings (SSSR count). The summed E-state index contributed by atoms with van der Waals surface area (Å²) >= 11 is 0. The largest absolute Gasteiger partial charge is 0.494 e. The number of halogens is 1. The predicted octanol–water partition coefficient (Wildman–Crippen LogP) is 2.97. The van der Waals surface area contributed by atoms with Crippen molar-refractivity contribution in [1.29, 1.82) is 0 Å². The van der Waals surface area contributed by atoms with E-state index in [2.05, 4.69) is 5.32 Å². The summed E-state index contributed by atoms with van der Waals surface area (Å²) in [6.45, 7) is 2.52. The van der Waals surface area contributed by atoms with Gasteiger partial charge in [0.05, 0.1) is 13.2 Å². The molecule has 2 aromatic carbocycles. The first-order valence-electron chi connectivity index (χ1n) is 7.99. The number of hydrogen-bond acceptors (Lipinski definition) is 3. The summed E-state index contributed by atoms with van der Waals surface area (Å²) in [5.74, 6) is 0.309. The number of ether oxygens (including phenoxy) is 1. The average molecular weight is 331 g/mol. The minimum atomic E-state index is -0.442. The van der Waals surface area contributed by atoms with Crippen LogP contribution in [0.1, 0.15) is 30.0 Å². The molecule has 0 saturated heterocycles. The molecule has 1 amide bonds. The number of aliphatic hydroxyl groups is 1. The first-order valence-corrected chi connectivity index (χ1v) is 7.99. The Hall–Kier alpha value is -2.40. The number of amides is 1. The zero-order chi connectivity index (χ0) is 17.4. The van der Waals surface area contributed by atoms with Gasteiger partial charge in [-0.2, -0.15) is 0 Å². The van der Waals surface area contributed by atoms with Gasteiger partial charge >= 0.3 is 0 Å². The minimum absolute atomic E-state index is 0.0706. The molecule has 0 saturated carbocycles. The molecule has 0 bridgehead atoms. The Balaban J connectivity index is 1.79. The lowest BCUT2D eigenvalue weighted by atomic mass is 10.1. The Morgan fingerprint density at radius 2 is 1.88 bits per heavy atom. The molecule has 0 aliphatic heterocycles. The van der Waals surface area contributed by atoms with E-state index in [1.165, 1.54) is 6.07 Å². The van der Waals surface area contributed by atoms with Gasteiger partial charge in [0.1, 0.15) is 11.6 Å². The van der Waals surface area contributed by atoms with Crippen LogP contribution in [0.2, 0.25) is 0 Å². The van der Waals surface area contributed by atoms with Gasteiger partial charge in [0, 0.05) is 18.5 Å². The van der Waals surface area contributed by atoms with Gasteiger partial charge in [0.2, 0.25) is 5.91 Å². The summed E-state index contributed by atoms with van der Waals surface area (Å²) in [6.07, 6.45) is 1.02. The summed E-state index contributed by atoms with van der Waals surface area (Å²) in [7, 11) is 0. The molecule has 0 spiro atoms. The highest BCUT2D eigenvalue weighted by Crippen LogP contribution is 2.13. The molecule has 0 atom stereocenters. The number of hydrogen-bond donors (Lipinski definition) is 2. The topological polar surface area (TPSA) is 58.6 Å². The van der Waals surface area contributed by atoms with E-state index in [1.54, 1.807) is 12.1 Å². The van der Waals surface area contributed by atoms with Gasteiger partial charge in [-0.3, -0.25) is 4.79 Å². The van der Waals surface area contributed by atoms with Crippen molar-refractivity contribution < 1.29 is 19.0 Å². The van der Waals surface area contributed by atoms with Crippen molar-refractivity contribution in [3.63, 3.8) is 0 Å². The summed E-state index contributed by atoms with van der Waals surface area (Å²) in [5.41, 5.74) is 2.06. The lowest BCUT2D eigenvalue weighted by Crippen LogP contribution is -2.23. The van der Waals surface area contributed by atoms with E-state index in [0.717, 1.165) is 16.9 Å². The van der Waals surface area contributed by atoms with Crippen molar-refractivity contribution >= 4 is 5.91 Å². The third-order valence-electron chi connectivity index (χ3n) is 3.65. The first-order chi connectivity index (χ1) is 11.6. The van der Waals surface area contributed by atoms with Crippen molar-refractivity contribution in [2.75, 3.05) is 6.61 Å². The lowest BCUT2D eigenvalue weighted by molar-refractivity contribution is -0.121. The van der Waals surface area contributed by atoms with E-state index in [4.69, 9.17) is 9.84 Å². The van der Waals surface area contributed by atoms with Gasteiger partial charge in [-0.15, -0.1) is 0 Å². The molecule has 2 aromatic rings. The van der Waals surface area contributed by atoms with Gasteiger partial charge in [-0.05, 0) is 48.7 Å². The second kappa shape index (κ2) is 9.03. The van der Waals surface area contributed by atoms with E-state index in [0.29, 0.717) is 26.0 Å². The highest BCUT2D eigenvalue weighted by molar-refractivity contribution is 5.76. The molecule has 0 aliphatic rings. The van der Waals surface area contributed by atoms with Crippen LogP contribution in [-0.4, -0.2) is 17.6 Å². The van der Waals surface area contributed by atoms with Crippen LogP contribution in [0.3, 0.4) is 0 Å². The third kappa shape index (κ3) is 5.35. The molecule has 4 nitrogen and oxygen atoms in total. The molecule has 0 radical (unpaired) electrons. The molecule has 0 heterocycles. The van der Waals surface area contributed by atoms with Crippen LogP contribution in [-0.2, 0) is 24.4 Å². The van der Waals surface area contributed by atoms with Crippen molar-refractivity contribution in [3.05, 3.63) is 65.0 Å². The fourth-order valence-electron chi connectivity index (χ4n) is 2.33. The number of nitrogens with one attached hydrogen (secondary N) is 1. The van der Waals surface area contributed by atoms with E-state index >= 15 is 0 Å². The molecule has 0 unspecified atom stereocenters. The van der Waals surface area contributed by atoms with Crippen molar-refractivity contribution in [2.45, 2.75) is 32.9 Å². The Kier molecular flexibility index (Phi) is 6.75. The molecule has 2 N–H and O–H groups in total. The van der Waals surface area contributed by atoms with Gasteiger partial charge in [-0.1, -0.05) is 18.2 Å². The maximum Gasteiger partial charge on any atom is 0.220 e. The zero-order valence-electron chi connectivity index (χ0n) is 13.7. The van der Waals surface area contributed by atoms with Crippen LogP contribution in [0.15, 0.2) is 42.5 Å². The summed E-state index contributed by atoms with van der Waals surface area (Å²) in [4.78, 5) is 11.9. The van der Waals surface area contributed by atoms with Crippen LogP contribution in [0.5, 0.6) is 5.75 Å². The molecule has 0 aliphatic carbocycles. The maximum absolute atomic E-state index is 13.3. The monoisotopic (exact) mass is 331 g/mol. The fraction of sp³-hybridized carbons (Fsp3) is 0.316. The molecular weight excluding hydrogens is 309 g/mol. The van der Waals surface area contributed by atoms with E-state index in [-0.39, 0.29) is 18.1 Å². The number of aryl methyl sites for hydroxylation is 1. The average Bonchev–Trinajstić information content (AvgIpc) is 2.60. The Morgan fingerprint density at radius 1 is 1.17 bits per heavy atom. The summed E-state index contributed by atoms with van der Waals surface area (Å²) < 4.78 is 18.7. The minimum Gasteiger partial charge on any atom is -0.494 e. The highest BCUT2D eigenvalue weighted by atomic mass is 19.1. The van der Waals surface area contributed by atoms with Gasteiger partial charge in [0.25, 0.3) is 0 Å². The molecule has 0 fully saturated rings. The SMILES string of the molecule is CCOc1ccc(CCC(=O)NCc2ccc(F)c(CO)c2)cc1. The van der Waals surface area contributed by atoms with E-state index in [1.807, 2.05) is 31.2 Å². The number of carbonyl (C=O) groups excluding carboxylic acids is 1. The highest BCUT2D eigenvalue weighted by Gasteiger charge is 2.05. The Bertz CT molecular complexity index is 671. The predicted molar refractivity (Wildman–Crippen MR) is 90.1 cm³/mol. The number of benzene rings is 2. The van der Waals surface area contributed by atoms with Crippen LogP contribution in [0.4, 0.5) is 4.39 Å². The maximum atomic E-state index is 13.3. The van der Waals surface area contributed by atoms with Crippen LogP contribution in [0.25, 0.3) is 0 Å².